The average molecular weight is 422 g/mol. The Morgan fingerprint density at radius 1 is 0.774 bits per heavy atom. The van der Waals surface area contributed by atoms with Gasteiger partial charge in [-0.15, -0.1) is 0 Å². The predicted molar refractivity (Wildman–Crippen MR) is 121 cm³/mol. The molecule has 4 aromatic rings. The molecule has 2 aromatic carbocycles. The van der Waals surface area contributed by atoms with Crippen LogP contribution in [0.1, 0.15) is 7.43 Å². The van der Waals surface area contributed by atoms with Crippen LogP contribution in [0.3, 0.4) is 0 Å². The fraction of sp³-hybridized carbons (Fsp3) is 0.217. The van der Waals surface area contributed by atoms with E-state index in [0.29, 0.717) is 28.9 Å². The molecule has 0 radical (unpaired) electrons. The van der Waals surface area contributed by atoms with E-state index in [0.717, 1.165) is 22.6 Å². The van der Waals surface area contributed by atoms with Crippen LogP contribution in [0, 0.1) is 0 Å². The maximum absolute atomic E-state index is 5.43. The number of fused-ring (bicyclic) bond motifs is 1. The number of benzene rings is 2. The molecule has 0 saturated heterocycles. The van der Waals surface area contributed by atoms with E-state index in [4.69, 9.17) is 23.9 Å². The van der Waals surface area contributed by atoms with Crippen molar-refractivity contribution in [3.05, 3.63) is 54.9 Å². The van der Waals surface area contributed by atoms with Crippen molar-refractivity contribution in [3.8, 4) is 34.3 Å². The Morgan fingerprint density at radius 2 is 1.42 bits per heavy atom. The average Bonchev–Trinajstić information content (AvgIpc) is 3.27. The van der Waals surface area contributed by atoms with Crippen LogP contribution in [0.4, 0.5) is 11.6 Å². The van der Waals surface area contributed by atoms with E-state index in [1.54, 1.807) is 34.6 Å². The van der Waals surface area contributed by atoms with Gasteiger partial charge in [0.2, 0.25) is 5.95 Å². The second-order valence-corrected chi connectivity index (χ2v) is 6.38. The molecule has 0 atom stereocenters. The molecular weight excluding hydrogens is 396 g/mol. The highest BCUT2D eigenvalue weighted by Crippen LogP contribution is 2.34. The summed E-state index contributed by atoms with van der Waals surface area (Å²) in [6.45, 7) is 0. The summed E-state index contributed by atoms with van der Waals surface area (Å²) >= 11 is 0. The lowest BCUT2D eigenvalue weighted by atomic mass is 10.1. The number of nitrogens with zero attached hydrogens (tertiary/aromatic N) is 3. The van der Waals surface area contributed by atoms with Gasteiger partial charge in [-0.2, -0.15) is 0 Å². The van der Waals surface area contributed by atoms with E-state index in [1.165, 1.54) is 0 Å². The number of ether oxygens (including phenoxy) is 4. The fourth-order valence-corrected chi connectivity index (χ4v) is 3.20. The van der Waals surface area contributed by atoms with E-state index in [9.17, 15) is 0 Å². The summed E-state index contributed by atoms with van der Waals surface area (Å²) in [5.74, 6) is 3.19. The third-order valence-corrected chi connectivity index (χ3v) is 4.71. The van der Waals surface area contributed by atoms with Gasteiger partial charge in [0, 0.05) is 35.8 Å². The van der Waals surface area contributed by atoms with Crippen molar-refractivity contribution in [2.24, 2.45) is 0 Å². The van der Waals surface area contributed by atoms with Gasteiger partial charge >= 0.3 is 0 Å². The van der Waals surface area contributed by atoms with Gasteiger partial charge < -0.3 is 24.3 Å². The zero-order valence-corrected chi connectivity index (χ0v) is 17.2. The third-order valence-electron chi connectivity index (χ3n) is 4.71. The standard InChI is InChI=1S/C22H22N4O4.CH4/c1-27-17-7-5-14(11-19(17)29-3)16-13-21-23-9-10-26(21)22(25-16)24-15-6-8-18(28-2)20(12-15)30-4;/h5-13H,1-4H3,(H,24,25);1H4. The topological polar surface area (TPSA) is 79.1 Å². The molecular formula is C23H26N4O4. The largest absolute Gasteiger partial charge is 0.493 e. The van der Waals surface area contributed by atoms with Crippen molar-refractivity contribution in [1.29, 1.82) is 0 Å². The number of methoxy groups -OCH3 is 4. The summed E-state index contributed by atoms with van der Waals surface area (Å²) in [5, 5.41) is 3.34. The van der Waals surface area contributed by atoms with Crippen molar-refractivity contribution < 1.29 is 18.9 Å². The van der Waals surface area contributed by atoms with E-state index in [-0.39, 0.29) is 7.43 Å². The number of anilines is 2. The Kier molecular flexibility index (Phi) is 6.49. The van der Waals surface area contributed by atoms with E-state index in [1.807, 2.05) is 53.1 Å². The summed E-state index contributed by atoms with van der Waals surface area (Å²) in [4.78, 5) is 9.24. The third kappa shape index (κ3) is 4.18. The second-order valence-electron chi connectivity index (χ2n) is 6.38. The molecule has 0 unspecified atom stereocenters. The molecule has 0 aliphatic rings. The summed E-state index contributed by atoms with van der Waals surface area (Å²) in [6.07, 6.45) is 3.58. The Labute approximate surface area is 181 Å². The van der Waals surface area contributed by atoms with Crippen molar-refractivity contribution in [2.45, 2.75) is 7.43 Å². The normalized spacial score (nSPS) is 10.3. The summed E-state index contributed by atoms with van der Waals surface area (Å²) < 4.78 is 23.3. The van der Waals surface area contributed by atoms with Crippen LogP contribution < -0.4 is 24.3 Å². The smallest absolute Gasteiger partial charge is 0.213 e. The SMILES string of the molecule is C.COc1ccc(Nc2nc(-c3ccc(OC)c(OC)c3)cc3nccn23)cc1OC. The number of rotatable bonds is 7. The van der Waals surface area contributed by atoms with Crippen LogP contribution in [0.25, 0.3) is 16.9 Å². The van der Waals surface area contributed by atoms with E-state index in [2.05, 4.69) is 10.3 Å². The van der Waals surface area contributed by atoms with Gasteiger partial charge in [-0.25, -0.2) is 9.97 Å². The molecule has 2 heterocycles. The first kappa shape index (κ1) is 21.8. The van der Waals surface area contributed by atoms with Gasteiger partial charge in [-0.1, -0.05) is 7.43 Å². The number of nitrogens with one attached hydrogen (secondary N) is 1. The van der Waals surface area contributed by atoms with Crippen molar-refractivity contribution in [3.63, 3.8) is 0 Å². The molecule has 4 rings (SSSR count). The van der Waals surface area contributed by atoms with Crippen molar-refractivity contribution >= 4 is 17.3 Å². The number of aromatic nitrogens is 3. The molecule has 0 saturated carbocycles. The highest BCUT2D eigenvalue weighted by Gasteiger charge is 2.13. The molecule has 162 valence electrons. The van der Waals surface area contributed by atoms with Crippen LogP contribution in [-0.4, -0.2) is 42.8 Å². The molecule has 8 heteroatoms. The Morgan fingerprint density at radius 3 is 2.10 bits per heavy atom. The molecule has 0 aliphatic carbocycles. The maximum atomic E-state index is 5.43. The van der Waals surface area contributed by atoms with Crippen LogP contribution >= 0.6 is 0 Å². The molecule has 1 N–H and O–H groups in total. The Hall–Kier alpha value is -3.94. The maximum Gasteiger partial charge on any atom is 0.213 e. The highest BCUT2D eigenvalue weighted by molar-refractivity contribution is 5.70. The van der Waals surface area contributed by atoms with Gasteiger partial charge in [0.25, 0.3) is 0 Å². The first-order valence-electron chi connectivity index (χ1n) is 9.22. The molecule has 2 aromatic heterocycles. The lowest BCUT2D eigenvalue weighted by Crippen LogP contribution is -2.03. The quantitative estimate of drug-likeness (QED) is 0.458. The Balaban J connectivity index is 0.00000272. The number of imidazole rings is 1. The zero-order chi connectivity index (χ0) is 21.1. The van der Waals surface area contributed by atoms with E-state index < -0.39 is 0 Å². The minimum absolute atomic E-state index is 0. The molecule has 0 amide bonds. The summed E-state index contributed by atoms with van der Waals surface area (Å²) in [7, 11) is 6.42. The van der Waals surface area contributed by atoms with Gasteiger partial charge in [-0.3, -0.25) is 4.40 Å². The monoisotopic (exact) mass is 422 g/mol. The summed E-state index contributed by atoms with van der Waals surface area (Å²) in [5.41, 5.74) is 3.20. The minimum atomic E-state index is 0. The highest BCUT2D eigenvalue weighted by atomic mass is 16.5. The van der Waals surface area contributed by atoms with E-state index >= 15 is 0 Å². The summed E-state index contributed by atoms with van der Waals surface area (Å²) in [6, 6.07) is 13.2. The van der Waals surface area contributed by atoms with Crippen LogP contribution in [0.2, 0.25) is 0 Å². The lowest BCUT2D eigenvalue weighted by Gasteiger charge is -2.14. The van der Waals surface area contributed by atoms with Gasteiger partial charge in [0.1, 0.15) is 5.65 Å². The van der Waals surface area contributed by atoms with Crippen LogP contribution in [-0.2, 0) is 0 Å². The van der Waals surface area contributed by atoms with Gasteiger partial charge in [0.05, 0.1) is 34.1 Å². The first-order chi connectivity index (χ1) is 14.7. The predicted octanol–water partition coefficient (Wildman–Crippen LogP) is 4.81. The molecule has 8 nitrogen and oxygen atoms in total. The Bertz CT molecular complexity index is 1190. The van der Waals surface area contributed by atoms with Crippen molar-refractivity contribution in [2.75, 3.05) is 33.8 Å². The molecule has 0 aliphatic heterocycles. The van der Waals surface area contributed by atoms with Gasteiger partial charge in [0.15, 0.2) is 23.0 Å². The fourth-order valence-electron chi connectivity index (χ4n) is 3.20. The molecule has 0 spiro atoms. The van der Waals surface area contributed by atoms with Crippen LogP contribution in [0.5, 0.6) is 23.0 Å². The van der Waals surface area contributed by atoms with Crippen molar-refractivity contribution in [1.82, 2.24) is 14.4 Å². The van der Waals surface area contributed by atoms with Crippen LogP contribution in [0.15, 0.2) is 54.9 Å². The molecule has 0 bridgehead atoms. The zero-order valence-electron chi connectivity index (χ0n) is 17.2. The number of hydrogen-bond donors (Lipinski definition) is 1. The second kappa shape index (κ2) is 9.25. The number of hydrogen-bond acceptors (Lipinski definition) is 7. The molecule has 31 heavy (non-hydrogen) atoms. The lowest BCUT2D eigenvalue weighted by molar-refractivity contribution is 0.355. The minimum Gasteiger partial charge on any atom is -0.493 e. The molecule has 0 fully saturated rings. The first-order valence-corrected chi connectivity index (χ1v) is 9.22. The van der Waals surface area contributed by atoms with Gasteiger partial charge in [-0.05, 0) is 30.3 Å².